The highest BCUT2D eigenvalue weighted by atomic mass is 32.1. The number of amides is 2. The number of nitrogens with one attached hydrogen (secondary N) is 2. The minimum Gasteiger partial charge on any atom is -0.326 e. The number of anilines is 1. The van der Waals surface area contributed by atoms with Gasteiger partial charge in [0.1, 0.15) is 5.01 Å². The summed E-state index contributed by atoms with van der Waals surface area (Å²) < 4.78 is 0. The van der Waals surface area contributed by atoms with E-state index in [9.17, 15) is 14.9 Å². The molecular formula is C15H18N4O3S. The number of carbonyl (C=O) groups is 1. The van der Waals surface area contributed by atoms with E-state index in [2.05, 4.69) is 15.6 Å². The first-order valence-corrected chi connectivity index (χ1v) is 7.98. The maximum Gasteiger partial charge on any atom is 0.320 e. The van der Waals surface area contributed by atoms with Crippen LogP contribution in [0.2, 0.25) is 0 Å². The van der Waals surface area contributed by atoms with Crippen LogP contribution >= 0.6 is 11.3 Å². The minimum absolute atomic E-state index is 0.0657. The standard InChI is InChI=1S/C15H18N4O3S/c1-4-15(3,13-16-7-8-23-13)18-14(20)17-12-9-11(19(21)22)6-5-10(12)2/h5-9H,4H2,1-3H3,(H2,17,18,20). The highest BCUT2D eigenvalue weighted by molar-refractivity contribution is 7.09. The normalized spacial score (nSPS) is 13.2. The van der Waals surface area contributed by atoms with E-state index < -0.39 is 16.5 Å². The molecular weight excluding hydrogens is 316 g/mol. The average molecular weight is 334 g/mol. The fourth-order valence-electron chi connectivity index (χ4n) is 2.05. The summed E-state index contributed by atoms with van der Waals surface area (Å²) in [5.74, 6) is 0. The summed E-state index contributed by atoms with van der Waals surface area (Å²) in [6, 6.07) is 3.94. The lowest BCUT2D eigenvalue weighted by atomic mass is 10.0. The van der Waals surface area contributed by atoms with Gasteiger partial charge in [0.05, 0.1) is 16.1 Å². The monoisotopic (exact) mass is 334 g/mol. The molecule has 7 nitrogen and oxygen atoms in total. The molecule has 1 atom stereocenters. The molecule has 0 radical (unpaired) electrons. The van der Waals surface area contributed by atoms with Gasteiger partial charge in [-0.3, -0.25) is 10.1 Å². The molecule has 2 amide bonds. The van der Waals surface area contributed by atoms with E-state index in [-0.39, 0.29) is 5.69 Å². The number of urea groups is 1. The van der Waals surface area contributed by atoms with E-state index in [0.29, 0.717) is 12.1 Å². The Morgan fingerprint density at radius 1 is 1.48 bits per heavy atom. The molecule has 1 aromatic heterocycles. The smallest absolute Gasteiger partial charge is 0.320 e. The highest BCUT2D eigenvalue weighted by Crippen LogP contribution is 2.27. The highest BCUT2D eigenvalue weighted by Gasteiger charge is 2.29. The van der Waals surface area contributed by atoms with Gasteiger partial charge in [-0.05, 0) is 25.8 Å². The average Bonchev–Trinajstić information content (AvgIpc) is 3.04. The molecule has 2 aromatic rings. The van der Waals surface area contributed by atoms with Crippen molar-refractivity contribution >= 4 is 28.7 Å². The van der Waals surface area contributed by atoms with Crippen LogP contribution < -0.4 is 10.6 Å². The molecule has 2 N–H and O–H groups in total. The predicted octanol–water partition coefficient (Wildman–Crippen LogP) is 3.81. The van der Waals surface area contributed by atoms with E-state index in [1.165, 1.54) is 23.5 Å². The number of non-ortho nitro benzene ring substituents is 1. The summed E-state index contributed by atoms with van der Waals surface area (Å²) in [7, 11) is 0. The SMILES string of the molecule is CCC(C)(NC(=O)Nc1cc([N+](=O)[O-])ccc1C)c1nccs1. The van der Waals surface area contributed by atoms with Crippen LogP contribution in [0, 0.1) is 17.0 Å². The molecule has 0 fully saturated rings. The summed E-state index contributed by atoms with van der Waals surface area (Å²) >= 11 is 1.47. The molecule has 0 aliphatic rings. The van der Waals surface area contributed by atoms with Gasteiger partial charge in [0.25, 0.3) is 5.69 Å². The number of aromatic nitrogens is 1. The molecule has 1 heterocycles. The molecule has 2 rings (SSSR count). The topological polar surface area (TPSA) is 97.2 Å². The number of thiazole rings is 1. The zero-order valence-electron chi connectivity index (χ0n) is 13.1. The first-order valence-electron chi connectivity index (χ1n) is 7.10. The van der Waals surface area contributed by atoms with Crippen molar-refractivity contribution in [1.29, 1.82) is 0 Å². The Bertz CT molecular complexity index is 718. The second kappa shape index (κ2) is 6.74. The zero-order valence-corrected chi connectivity index (χ0v) is 13.9. The molecule has 0 aliphatic heterocycles. The number of nitro groups is 1. The summed E-state index contributed by atoms with van der Waals surface area (Å²) in [5.41, 5.74) is 0.504. The fourth-order valence-corrected chi connectivity index (χ4v) is 2.88. The van der Waals surface area contributed by atoms with Gasteiger partial charge in [-0.25, -0.2) is 9.78 Å². The Kier molecular flexibility index (Phi) is 4.95. The fraction of sp³-hybridized carbons (Fsp3) is 0.333. The summed E-state index contributed by atoms with van der Waals surface area (Å²) in [4.78, 5) is 26.9. The number of hydrogen-bond donors (Lipinski definition) is 2. The Morgan fingerprint density at radius 2 is 2.22 bits per heavy atom. The predicted molar refractivity (Wildman–Crippen MR) is 89.7 cm³/mol. The number of carbonyl (C=O) groups excluding carboxylic acids is 1. The van der Waals surface area contributed by atoms with Crippen LogP contribution in [0.1, 0.15) is 30.8 Å². The number of nitro benzene ring substituents is 1. The van der Waals surface area contributed by atoms with Crippen molar-refractivity contribution in [2.75, 3.05) is 5.32 Å². The van der Waals surface area contributed by atoms with Crippen molar-refractivity contribution in [2.45, 2.75) is 32.7 Å². The Labute approximate surface area is 137 Å². The van der Waals surface area contributed by atoms with Gasteiger partial charge in [-0.2, -0.15) is 0 Å². The minimum atomic E-state index is -0.590. The largest absolute Gasteiger partial charge is 0.326 e. The van der Waals surface area contributed by atoms with E-state index in [0.717, 1.165) is 10.6 Å². The van der Waals surface area contributed by atoms with Crippen molar-refractivity contribution in [3.63, 3.8) is 0 Å². The van der Waals surface area contributed by atoms with Crippen LogP contribution in [0.5, 0.6) is 0 Å². The number of aryl methyl sites for hydroxylation is 1. The Balaban J connectivity index is 2.16. The Morgan fingerprint density at radius 3 is 2.78 bits per heavy atom. The van der Waals surface area contributed by atoms with Gasteiger partial charge < -0.3 is 10.6 Å². The number of rotatable bonds is 5. The van der Waals surface area contributed by atoms with Crippen molar-refractivity contribution in [3.05, 3.63) is 50.5 Å². The van der Waals surface area contributed by atoms with E-state index in [4.69, 9.17) is 0 Å². The number of hydrogen-bond acceptors (Lipinski definition) is 5. The molecule has 8 heteroatoms. The number of benzene rings is 1. The van der Waals surface area contributed by atoms with E-state index in [1.54, 1.807) is 19.2 Å². The molecule has 122 valence electrons. The summed E-state index contributed by atoms with van der Waals surface area (Å²) in [6.07, 6.45) is 2.36. The molecule has 23 heavy (non-hydrogen) atoms. The van der Waals surface area contributed by atoms with Gasteiger partial charge in [0.15, 0.2) is 0 Å². The second-order valence-corrected chi connectivity index (χ2v) is 6.25. The molecule has 1 unspecified atom stereocenters. The number of nitrogens with zero attached hydrogens (tertiary/aromatic N) is 2. The first-order chi connectivity index (χ1) is 10.9. The third kappa shape index (κ3) is 3.84. The summed E-state index contributed by atoms with van der Waals surface area (Å²) in [6.45, 7) is 5.63. The third-order valence-corrected chi connectivity index (χ3v) is 4.72. The van der Waals surface area contributed by atoms with Crippen molar-refractivity contribution in [2.24, 2.45) is 0 Å². The Hall–Kier alpha value is -2.48. The van der Waals surface area contributed by atoms with Gasteiger partial charge in [0, 0.05) is 23.7 Å². The molecule has 0 spiro atoms. The van der Waals surface area contributed by atoms with Crippen molar-refractivity contribution < 1.29 is 9.72 Å². The molecule has 0 saturated carbocycles. The van der Waals surface area contributed by atoms with Gasteiger partial charge in [-0.15, -0.1) is 11.3 Å². The first kappa shape index (κ1) is 16.9. The summed E-state index contributed by atoms with van der Waals surface area (Å²) in [5, 5.41) is 19.1. The van der Waals surface area contributed by atoms with Crippen LogP contribution in [0.25, 0.3) is 0 Å². The maximum atomic E-state index is 12.3. The van der Waals surface area contributed by atoms with Crippen LogP contribution in [0.15, 0.2) is 29.8 Å². The zero-order chi connectivity index (χ0) is 17.0. The van der Waals surface area contributed by atoms with Crippen molar-refractivity contribution in [1.82, 2.24) is 10.3 Å². The second-order valence-electron chi connectivity index (χ2n) is 5.36. The third-order valence-electron chi connectivity index (χ3n) is 3.68. The van der Waals surface area contributed by atoms with E-state index in [1.807, 2.05) is 19.2 Å². The quantitative estimate of drug-likeness (QED) is 0.642. The lowest BCUT2D eigenvalue weighted by molar-refractivity contribution is -0.384. The van der Waals surface area contributed by atoms with Gasteiger partial charge in [0.2, 0.25) is 0 Å². The van der Waals surface area contributed by atoms with Crippen LogP contribution in [-0.4, -0.2) is 15.9 Å². The lowest BCUT2D eigenvalue weighted by Gasteiger charge is -2.27. The molecule has 0 saturated heterocycles. The van der Waals surface area contributed by atoms with Crippen LogP contribution in [-0.2, 0) is 5.54 Å². The van der Waals surface area contributed by atoms with Crippen molar-refractivity contribution in [3.8, 4) is 0 Å². The maximum absolute atomic E-state index is 12.3. The van der Waals surface area contributed by atoms with Crippen LogP contribution in [0.4, 0.5) is 16.2 Å². The van der Waals surface area contributed by atoms with E-state index >= 15 is 0 Å². The molecule has 1 aromatic carbocycles. The lowest BCUT2D eigenvalue weighted by Crippen LogP contribution is -2.45. The van der Waals surface area contributed by atoms with Gasteiger partial charge in [-0.1, -0.05) is 13.0 Å². The van der Waals surface area contributed by atoms with Gasteiger partial charge >= 0.3 is 6.03 Å². The molecule has 0 aliphatic carbocycles. The molecule has 0 bridgehead atoms. The van der Waals surface area contributed by atoms with Crippen LogP contribution in [0.3, 0.4) is 0 Å².